The van der Waals surface area contributed by atoms with Gasteiger partial charge in [-0.05, 0) is 29.2 Å². The van der Waals surface area contributed by atoms with Crippen molar-refractivity contribution in [2.75, 3.05) is 0 Å². The Kier molecular flexibility index (Phi) is 6.64. The molecule has 3 aromatic rings. The number of nitrogens with zero attached hydrogens (tertiary/aromatic N) is 3. The zero-order valence-corrected chi connectivity index (χ0v) is 17.7. The molecule has 0 radical (unpaired) electrons. The standard InChI is InChI=1S/C21H21Cl2N3S/c1-4-11-26-20(17-8-6-16(7-9-17)14(2)3)24-25-21(26)27-13-15-5-10-18(22)19(23)12-15/h4-10,12,14H,1,11,13H2,2-3H3. The molecule has 0 saturated heterocycles. The van der Waals surface area contributed by atoms with Crippen LogP contribution in [0, 0.1) is 0 Å². The number of rotatable bonds is 7. The first-order valence-electron chi connectivity index (χ1n) is 8.70. The summed E-state index contributed by atoms with van der Waals surface area (Å²) >= 11 is 13.7. The van der Waals surface area contributed by atoms with E-state index >= 15 is 0 Å². The van der Waals surface area contributed by atoms with E-state index in [9.17, 15) is 0 Å². The summed E-state index contributed by atoms with van der Waals surface area (Å²) in [6.45, 7) is 8.90. The van der Waals surface area contributed by atoms with Gasteiger partial charge in [0.25, 0.3) is 0 Å². The molecular formula is C21H21Cl2N3S. The molecule has 0 fully saturated rings. The van der Waals surface area contributed by atoms with Crippen LogP contribution in [-0.4, -0.2) is 14.8 Å². The van der Waals surface area contributed by atoms with E-state index in [1.807, 2.05) is 24.3 Å². The van der Waals surface area contributed by atoms with Crippen molar-refractivity contribution in [1.82, 2.24) is 14.8 Å². The van der Waals surface area contributed by atoms with E-state index in [0.717, 1.165) is 27.9 Å². The van der Waals surface area contributed by atoms with Gasteiger partial charge in [-0.15, -0.1) is 16.8 Å². The van der Waals surface area contributed by atoms with Gasteiger partial charge < -0.3 is 0 Å². The van der Waals surface area contributed by atoms with Gasteiger partial charge in [-0.1, -0.05) is 85.2 Å². The minimum Gasteiger partial charge on any atom is -0.298 e. The number of aromatic nitrogens is 3. The third-order valence-electron chi connectivity index (χ3n) is 4.22. The average molecular weight is 418 g/mol. The average Bonchev–Trinajstić information content (AvgIpc) is 3.06. The Morgan fingerprint density at radius 2 is 1.81 bits per heavy atom. The summed E-state index contributed by atoms with van der Waals surface area (Å²) in [6, 6.07) is 14.2. The Labute approximate surface area is 174 Å². The quantitative estimate of drug-likeness (QED) is 0.310. The molecule has 0 aliphatic rings. The number of benzene rings is 2. The summed E-state index contributed by atoms with van der Waals surface area (Å²) < 4.78 is 2.08. The number of thioether (sulfide) groups is 1. The van der Waals surface area contributed by atoms with E-state index in [1.165, 1.54) is 5.56 Å². The van der Waals surface area contributed by atoms with Crippen LogP contribution in [0.25, 0.3) is 11.4 Å². The minimum atomic E-state index is 0.502. The molecule has 1 aromatic heterocycles. The molecule has 1 heterocycles. The lowest BCUT2D eigenvalue weighted by atomic mass is 10.0. The van der Waals surface area contributed by atoms with Crippen molar-refractivity contribution in [3.05, 3.63) is 76.3 Å². The lowest BCUT2D eigenvalue weighted by Gasteiger charge is -2.10. The van der Waals surface area contributed by atoms with Crippen LogP contribution in [0.3, 0.4) is 0 Å². The molecule has 6 heteroatoms. The van der Waals surface area contributed by atoms with Crippen LogP contribution >= 0.6 is 35.0 Å². The van der Waals surface area contributed by atoms with Gasteiger partial charge >= 0.3 is 0 Å². The Balaban J connectivity index is 1.84. The summed E-state index contributed by atoms with van der Waals surface area (Å²) in [5.74, 6) is 2.09. The third kappa shape index (κ3) is 4.75. The Morgan fingerprint density at radius 1 is 1.07 bits per heavy atom. The van der Waals surface area contributed by atoms with E-state index in [0.29, 0.717) is 22.5 Å². The largest absolute Gasteiger partial charge is 0.298 e. The zero-order chi connectivity index (χ0) is 19.4. The molecule has 0 N–H and O–H groups in total. The molecule has 3 rings (SSSR count). The number of allylic oxidation sites excluding steroid dienone is 1. The van der Waals surface area contributed by atoms with Gasteiger partial charge in [-0.3, -0.25) is 4.57 Å². The van der Waals surface area contributed by atoms with E-state index in [-0.39, 0.29) is 0 Å². The lowest BCUT2D eigenvalue weighted by Crippen LogP contribution is -2.01. The van der Waals surface area contributed by atoms with Crippen LogP contribution in [0.15, 0.2) is 60.3 Å². The monoisotopic (exact) mass is 417 g/mol. The molecular weight excluding hydrogens is 397 g/mol. The van der Waals surface area contributed by atoms with Gasteiger partial charge in [0.05, 0.1) is 10.0 Å². The van der Waals surface area contributed by atoms with Crippen LogP contribution in [0.5, 0.6) is 0 Å². The fraction of sp³-hybridized carbons (Fsp3) is 0.238. The smallest absolute Gasteiger partial charge is 0.192 e. The molecule has 27 heavy (non-hydrogen) atoms. The molecule has 0 saturated carbocycles. The fourth-order valence-corrected chi connectivity index (χ4v) is 3.91. The van der Waals surface area contributed by atoms with Crippen molar-refractivity contribution in [3.63, 3.8) is 0 Å². The molecule has 0 atom stereocenters. The molecule has 0 unspecified atom stereocenters. The molecule has 0 amide bonds. The number of hydrogen-bond acceptors (Lipinski definition) is 3. The van der Waals surface area contributed by atoms with Crippen molar-refractivity contribution in [2.45, 2.75) is 37.2 Å². The van der Waals surface area contributed by atoms with Gasteiger partial charge in [-0.2, -0.15) is 0 Å². The normalized spacial score (nSPS) is 11.1. The Morgan fingerprint density at radius 3 is 2.44 bits per heavy atom. The van der Waals surface area contributed by atoms with Gasteiger partial charge in [0, 0.05) is 17.9 Å². The molecule has 0 bridgehead atoms. The second-order valence-electron chi connectivity index (χ2n) is 6.52. The van der Waals surface area contributed by atoms with E-state index in [2.05, 4.69) is 59.5 Å². The molecule has 2 aromatic carbocycles. The molecule has 0 aliphatic heterocycles. The zero-order valence-electron chi connectivity index (χ0n) is 15.3. The maximum Gasteiger partial charge on any atom is 0.192 e. The fourth-order valence-electron chi connectivity index (χ4n) is 2.70. The van der Waals surface area contributed by atoms with Gasteiger partial charge in [0.2, 0.25) is 0 Å². The predicted octanol–water partition coefficient (Wildman–Crippen LogP) is 6.85. The Hall–Kier alpha value is -1.75. The SMILES string of the molecule is C=CCn1c(SCc2ccc(Cl)c(Cl)c2)nnc1-c1ccc(C(C)C)cc1. The highest BCUT2D eigenvalue weighted by Gasteiger charge is 2.14. The number of hydrogen-bond donors (Lipinski definition) is 0. The molecule has 0 spiro atoms. The summed E-state index contributed by atoms with van der Waals surface area (Å²) in [5.41, 5.74) is 3.45. The van der Waals surface area contributed by atoms with Crippen LogP contribution in [-0.2, 0) is 12.3 Å². The molecule has 140 valence electrons. The first-order valence-corrected chi connectivity index (χ1v) is 10.4. The first-order chi connectivity index (χ1) is 13.0. The minimum absolute atomic E-state index is 0.502. The maximum atomic E-state index is 6.11. The summed E-state index contributed by atoms with van der Waals surface area (Å²) in [7, 11) is 0. The van der Waals surface area contributed by atoms with E-state index < -0.39 is 0 Å². The molecule has 3 nitrogen and oxygen atoms in total. The van der Waals surface area contributed by atoms with Crippen LogP contribution < -0.4 is 0 Å². The van der Waals surface area contributed by atoms with Gasteiger partial charge in [0.15, 0.2) is 11.0 Å². The second-order valence-corrected chi connectivity index (χ2v) is 8.28. The highest BCUT2D eigenvalue weighted by Crippen LogP contribution is 2.29. The van der Waals surface area contributed by atoms with Crippen molar-refractivity contribution in [1.29, 1.82) is 0 Å². The predicted molar refractivity (Wildman–Crippen MR) is 116 cm³/mol. The van der Waals surface area contributed by atoms with Crippen molar-refractivity contribution >= 4 is 35.0 Å². The highest BCUT2D eigenvalue weighted by atomic mass is 35.5. The lowest BCUT2D eigenvalue weighted by molar-refractivity contribution is 0.731. The first kappa shape index (κ1) is 20.0. The second kappa shape index (κ2) is 8.96. The summed E-state index contributed by atoms with van der Waals surface area (Å²) in [5, 5.41) is 10.8. The van der Waals surface area contributed by atoms with Crippen LogP contribution in [0.4, 0.5) is 0 Å². The van der Waals surface area contributed by atoms with Gasteiger partial charge in [-0.25, -0.2) is 0 Å². The van der Waals surface area contributed by atoms with Crippen molar-refractivity contribution in [3.8, 4) is 11.4 Å². The Bertz CT molecular complexity index is 933. The van der Waals surface area contributed by atoms with Crippen LogP contribution in [0.2, 0.25) is 10.0 Å². The van der Waals surface area contributed by atoms with E-state index in [1.54, 1.807) is 11.8 Å². The van der Waals surface area contributed by atoms with Crippen molar-refractivity contribution < 1.29 is 0 Å². The third-order valence-corrected chi connectivity index (χ3v) is 5.99. The number of halogens is 2. The van der Waals surface area contributed by atoms with E-state index in [4.69, 9.17) is 23.2 Å². The van der Waals surface area contributed by atoms with Crippen LogP contribution in [0.1, 0.15) is 30.9 Å². The highest BCUT2D eigenvalue weighted by molar-refractivity contribution is 7.98. The molecule has 0 aliphatic carbocycles. The summed E-state index contributed by atoms with van der Waals surface area (Å²) in [4.78, 5) is 0. The maximum absolute atomic E-state index is 6.11. The summed E-state index contributed by atoms with van der Waals surface area (Å²) in [6.07, 6.45) is 1.86. The topological polar surface area (TPSA) is 30.7 Å². The van der Waals surface area contributed by atoms with Gasteiger partial charge in [0.1, 0.15) is 0 Å². The van der Waals surface area contributed by atoms with Crippen molar-refractivity contribution in [2.24, 2.45) is 0 Å².